The number of fused-ring (bicyclic) bond motifs is 1. The molecule has 0 bridgehead atoms. The molecule has 13 heteroatoms. The van der Waals surface area contributed by atoms with E-state index in [4.69, 9.17) is 28.3 Å². The van der Waals surface area contributed by atoms with Gasteiger partial charge in [0.15, 0.2) is 6.23 Å². The second-order valence-electron chi connectivity index (χ2n) is 12.5. The van der Waals surface area contributed by atoms with Gasteiger partial charge in [-0.2, -0.15) is 18.6 Å². The molecular formula is C29H46N4O7SSi. The largest absolute Gasteiger partial charge is 0.543 e. The van der Waals surface area contributed by atoms with Gasteiger partial charge in [-0.1, -0.05) is 20.8 Å². The molecule has 0 aliphatic carbocycles. The van der Waals surface area contributed by atoms with Crippen molar-refractivity contribution in [3.05, 3.63) is 30.6 Å². The summed E-state index contributed by atoms with van der Waals surface area (Å²) in [6.45, 7) is 15.4. The zero-order valence-corrected chi connectivity index (χ0v) is 27.5. The van der Waals surface area contributed by atoms with Crippen molar-refractivity contribution < 1.29 is 31.6 Å². The van der Waals surface area contributed by atoms with Crippen LogP contribution in [-0.2, 0) is 30.9 Å². The number of aromatic nitrogens is 4. The van der Waals surface area contributed by atoms with E-state index in [1.807, 2.05) is 34.7 Å². The summed E-state index contributed by atoms with van der Waals surface area (Å²) in [6, 6.07) is 6.25. The molecule has 42 heavy (non-hydrogen) atoms. The molecule has 0 saturated carbocycles. The van der Waals surface area contributed by atoms with E-state index in [9.17, 15) is 8.42 Å². The normalized spacial score (nSPS) is 17.5. The molecule has 1 unspecified atom stereocenters. The monoisotopic (exact) mass is 622 g/mol. The van der Waals surface area contributed by atoms with Gasteiger partial charge in [0.1, 0.15) is 11.4 Å². The Bertz CT molecular complexity index is 1430. The predicted octanol–water partition coefficient (Wildman–Crippen LogP) is 5.68. The maximum absolute atomic E-state index is 10.8. The maximum Gasteiger partial charge on any atom is 0.264 e. The summed E-state index contributed by atoms with van der Waals surface area (Å²) >= 11 is 0. The smallest absolute Gasteiger partial charge is 0.264 e. The fraction of sp³-hybridized carbons (Fsp3) is 0.655. The van der Waals surface area contributed by atoms with Gasteiger partial charge >= 0.3 is 0 Å². The highest BCUT2D eigenvalue weighted by Gasteiger charge is 2.39. The van der Waals surface area contributed by atoms with Crippen molar-refractivity contribution in [1.82, 2.24) is 19.6 Å². The van der Waals surface area contributed by atoms with Crippen molar-refractivity contribution in [2.24, 2.45) is 0 Å². The number of ether oxygens (including phenoxy) is 3. The topological polar surface area (TPSA) is 127 Å². The molecule has 1 aliphatic heterocycles. The first-order valence-electron chi connectivity index (χ1n) is 14.7. The summed E-state index contributed by atoms with van der Waals surface area (Å²) in [4.78, 5) is 0. The van der Waals surface area contributed by atoms with Crippen LogP contribution in [0.15, 0.2) is 30.6 Å². The lowest BCUT2D eigenvalue weighted by molar-refractivity contribution is -0.0365. The molecule has 2 aromatic heterocycles. The lowest BCUT2D eigenvalue weighted by atomic mass is 10.1. The number of hydrogen-bond acceptors (Lipinski definition) is 8. The Balaban J connectivity index is 1.45. The van der Waals surface area contributed by atoms with Crippen molar-refractivity contribution in [2.75, 3.05) is 32.2 Å². The van der Waals surface area contributed by atoms with Gasteiger partial charge in [0.05, 0.1) is 43.3 Å². The first-order valence-corrected chi connectivity index (χ1v) is 19.3. The lowest BCUT2D eigenvalue weighted by Gasteiger charge is -2.36. The van der Waals surface area contributed by atoms with E-state index < -0.39 is 18.4 Å². The molecule has 3 aromatic rings. The molecule has 1 aromatic carbocycles. The Morgan fingerprint density at radius 1 is 1.21 bits per heavy atom. The Kier molecular flexibility index (Phi) is 10.5. The summed E-state index contributed by atoms with van der Waals surface area (Å²) in [7, 11) is -5.98. The molecule has 1 saturated heterocycles. The molecule has 3 heterocycles. The summed E-state index contributed by atoms with van der Waals surface area (Å²) < 4.78 is 58.3. The molecular weight excluding hydrogens is 576 g/mol. The van der Waals surface area contributed by atoms with E-state index in [0.29, 0.717) is 19.8 Å². The highest BCUT2D eigenvalue weighted by molar-refractivity contribution is 7.85. The van der Waals surface area contributed by atoms with Gasteiger partial charge in [-0.25, -0.2) is 4.68 Å². The first kappa shape index (κ1) is 32.6. The van der Waals surface area contributed by atoms with Crippen LogP contribution >= 0.6 is 0 Å². The molecule has 1 fully saturated rings. The van der Waals surface area contributed by atoms with Crippen molar-refractivity contribution in [1.29, 1.82) is 0 Å². The van der Waals surface area contributed by atoms with E-state index in [2.05, 4.69) is 51.1 Å². The van der Waals surface area contributed by atoms with E-state index in [1.54, 1.807) is 0 Å². The zero-order valence-electron chi connectivity index (χ0n) is 25.7. The Hall–Kier alpha value is -2.29. The average Bonchev–Trinajstić information content (AvgIpc) is 3.53. The van der Waals surface area contributed by atoms with Crippen molar-refractivity contribution in [3.63, 3.8) is 0 Å². The van der Waals surface area contributed by atoms with Gasteiger partial charge in [-0.15, -0.1) is 0 Å². The summed E-state index contributed by atoms with van der Waals surface area (Å²) in [5.74, 6) is 0.545. The molecule has 0 spiro atoms. The minimum absolute atomic E-state index is 0.0845. The minimum Gasteiger partial charge on any atom is -0.543 e. The lowest BCUT2D eigenvalue weighted by Crippen LogP contribution is -2.43. The third-order valence-electron chi connectivity index (χ3n) is 7.96. The van der Waals surface area contributed by atoms with Crippen LogP contribution in [0.2, 0.25) is 18.1 Å². The number of nitrogens with zero attached hydrogens (tertiary/aromatic N) is 4. The van der Waals surface area contributed by atoms with Crippen LogP contribution in [0.25, 0.3) is 22.2 Å². The maximum atomic E-state index is 10.8. The predicted molar refractivity (Wildman–Crippen MR) is 165 cm³/mol. The highest BCUT2D eigenvalue weighted by atomic mass is 32.2. The van der Waals surface area contributed by atoms with Crippen LogP contribution in [0.3, 0.4) is 0 Å². The van der Waals surface area contributed by atoms with Crippen molar-refractivity contribution >= 4 is 29.3 Å². The van der Waals surface area contributed by atoms with Crippen LogP contribution < -0.4 is 4.43 Å². The molecule has 0 radical (unpaired) electrons. The Morgan fingerprint density at radius 3 is 2.69 bits per heavy atom. The summed E-state index contributed by atoms with van der Waals surface area (Å²) in [5, 5.41) is 10.7. The second kappa shape index (κ2) is 13.6. The van der Waals surface area contributed by atoms with E-state index in [-0.39, 0.29) is 36.2 Å². The third kappa shape index (κ3) is 8.63. The van der Waals surface area contributed by atoms with Crippen LogP contribution in [0, 0.1) is 0 Å². The summed E-state index contributed by atoms with van der Waals surface area (Å²) in [5.41, 5.74) is 2.77. The molecule has 2 atom stereocenters. The van der Waals surface area contributed by atoms with Gasteiger partial charge in [0, 0.05) is 30.4 Å². The number of rotatable bonds is 14. The Morgan fingerprint density at radius 2 is 2.00 bits per heavy atom. The fourth-order valence-electron chi connectivity index (χ4n) is 4.57. The van der Waals surface area contributed by atoms with Gasteiger partial charge in [-0.05, 0) is 68.9 Å². The second-order valence-corrected chi connectivity index (χ2v) is 18.8. The highest BCUT2D eigenvalue weighted by Crippen LogP contribution is 2.39. The molecule has 1 aliphatic rings. The first-order chi connectivity index (χ1) is 19.7. The van der Waals surface area contributed by atoms with E-state index >= 15 is 0 Å². The van der Waals surface area contributed by atoms with Gasteiger partial charge < -0.3 is 18.6 Å². The van der Waals surface area contributed by atoms with Crippen LogP contribution in [-0.4, -0.2) is 79.1 Å². The van der Waals surface area contributed by atoms with Crippen molar-refractivity contribution in [2.45, 2.75) is 90.4 Å². The minimum atomic E-state index is -3.96. The van der Waals surface area contributed by atoms with Crippen LogP contribution in [0.4, 0.5) is 0 Å². The van der Waals surface area contributed by atoms with Gasteiger partial charge in [0.2, 0.25) is 8.32 Å². The molecule has 0 amide bonds. The van der Waals surface area contributed by atoms with Crippen LogP contribution in [0.5, 0.6) is 5.75 Å². The SMILES string of the molecule is C[C@H](COCCn1cc(-c2nn(C3CCCCO3)c3ccc(O[Si](C)(C)C(C)(C)C)cc23)cn1)OCCCS(=O)(=O)O. The third-order valence-corrected chi connectivity index (χ3v) is 13.1. The Labute approximate surface area is 250 Å². The number of benzene rings is 1. The molecule has 11 nitrogen and oxygen atoms in total. The number of hydrogen-bond donors (Lipinski definition) is 1. The average molecular weight is 623 g/mol. The van der Waals surface area contributed by atoms with Gasteiger partial charge in [0.25, 0.3) is 10.1 Å². The van der Waals surface area contributed by atoms with E-state index in [1.165, 1.54) is 0 Å². The molecule has 1 N–H and O–H groups in total. The summed E-state index contributed by atoms with van der Waals surface area (Å²) in [6.07, 6.45) is 6.87. The quantitative estimate of drug-likeness (QED) is 0.137. The van der Waals surface area contributed by atoms with Crippen molar-refractivity contribution in [3.8, 4) is 17.0 Å². The molecule has 234 valence electrons. The van der Waals surface area contributed by atoms with Crippen LogP contribution in [0.1, 0.15) is 59.6 Å². The fourth-order valence-corrected chi connectivity index (χ4v) is 6.08. The van der Waals surface area contributed by atoms with E-state index in [0.717, 1.165) is 53.8 Å². The zero-order chi connectivity index (χ0) is 30.5. The molecule has 4 rings (SSSR count). The van der Waals surface area contributed by atoms with Gasteiger partial charge in [-0.3, -0.25) is 9.23 Å². The standard InChI is InChI=1S/C29H46N4O7SSi/c1-22(38-15-9-17-41(34,35)36)21-37-16-13-32-20-23(19-30-32)28-25-18-24(40-42(5,6)29(2,3)4)11-12-26(25)33(31-28)27-10-7-8-14-39-27/h11-12,18-20,22,27H,7-10,13-17,21H2,1-6H3,(H,34,35,36)/t22-,27?/m1/s1.